The van der Waals surface area contributed by atoms with Gasteiger partial charge in [-0.25, -0.2) is 0 Å². The zero-order valence-electron chi connectivity index (χ0n) is 9.74. The standard InChI is InChI=1S/C12H25N/c1-5-11(2,3)12(4)8-6-7-9-13-10-12/h13H,5-10H2,1-4H3. The van der Waals surface area contributed by atoms with Crippen molar-refractivity contribution in [3.8, 4) is 0 Å². The van der Waals surface area contributed by atoms with E-state index < -0.39 is 0 Å². The van der Waals surface area contributed by atoms with E-state index in [0.717, 1.165) is 0 Å². The predicted molar refractivity (Wildman–Crippen MR) is 58.9 cm³/mol. The average Bonchev–Trinajstić information content (AvgIpc) is 2.31. The van der Waals surface area contributed by atoms with Gasteiger partial charge in [0.15, 0.2) is 0 Å². The quantitative estimate of drug-likeness (QED) is 0.693. The molecule has 0 bridgehead atoms. The van der Waals surface area contributed by atoms with E-state index >= 15 is 0 Å². The van der Waals surface area contributed by atoms with Gasteiger partial charge in [0.1, 0.15) is 0 Å². The van der Waals surface area contributed by atoms with E-state index in [1.54, 1.807) is 0 Å². The second kappa shape index (κ2) is 4.00. The van der Waals surface area contributed by atoms with E-state index in [2.05, 4.69) is 33.0 Å². The summed E-state index contributed by atoms with van der Waals surface area (Å²) in [5.41, 5.74) is 0.975. The molecule has 1 rings (SSSR count). The smallest absolute Gasteiger partial charge is 0.00103 e. The average molecular weight is 183 g/mol. The van der Waals surface area contributed by atoms with Gasteiger partial charge in [-0.1, -0.05) is 40.5 Å². The number of hydrogen-bond donors (Lipinski definition) is 1. The molecule has 78 valence electrons. The molecule has 1 saturated heterocycles. The molecule has 0 aromatic carbocycles. The molecule has 0 radical (unpaired) electrons. The molecule has 0 aromatic heterocycles. The fourth-order valence-electron chi connectivity index (χ4n) is 2.22. The molecule has 0 spiro atoms. The van der Waals surface area contributed by atoms with Gasteiger partial charge in [0, 0.05) is 6.54 Å². The van der Waals surface area contributed by atoms with Crippen molar-refractivity contribution in [2.24, 2.45) is 10.8 Å². The zero-order valence-corrected chi connectivity index (χ0v) is 9.74. The third kappa shape index (κ3) is 2.25. The van der Waals surface area contributed by atoms with Crippen LogP contribution in [0.5, 0.6) is 0 Å². The van der Waals surface area contributed by atoms with Crippen molar-refractivity contribution in [1.82, 2.24) is 5.32 Å². The summed E-state index contributed by atoms with van der Waals surface area (Å²) in [5.74, 6) is 0. The minimum absolute atomic E-state index is 0.477. The third-order valence-corrected chi connectivity index (χ3v) is 4.37. The van der Waals surface area contributed by atoms with Crippen molar-refractivity contribution < 1.29 is 0 Å². The monoisotopic (exact) mass is 183 g/mol. The van der Waals surface area contributed by atoms with E-state index in [1.807, 2.05) is 0 Å². The molecule has 1 nitrogen and oxygen atoms in total. The lowest BCUT2D eigenvalue weighted by molar-refractivity contribution is 0.0774. The molecule has 1 heteroatoms. The first kappa shape index (κ1) is 11.0. The van der Waals surface area contributed by atoms with Crippen LogP contribution in [0.1, 0.15) is 53.4 Å². The Morgan fingerprint density at radius 3 is 2.62 bits per heavy atom. The lowest BCUT2D eigenvalue weighted by Crippen LogP contribution is -2.41. The zero-order chi connectivity index (χ0) is 9.95. The van der Waals surface area contributed by atoms with Crippen molar-refractivity contribution >= 4 is 0 Å². The van der Waals surface area contributed by atoms with Gasteiger partial charge < -0.3 is 5.32 Å². The predicted octanol–water partition coefficient (Wildman–Crippen LogP) is 3.20. The fraction of sp³-hybridized carbons (Fsp3) is 1.00. The summed E-state index contributed by atoms with van der Waals surface area (Å²) in [6, 6.07) is 0. The Morgan fingerprint density at radius 1 is 1.31 bits per heavy atom. The summed E-state index contributed by atoms with van der Waals surface area (Å²) in [4.78, 5) is 0. The maximum atomic E-state index is 3.58. The minimum atomic E-state index is 0.477. The van der Waals surface area contributed by atoms with Gasteiger partial charge in [-0.3, -0.25) is 0 Å². The highest BCUT2D eigenvalue weighted by molar-refractivity contribution is 4.91. The molecular formula is C12H25N. The van der Waals surface area contributed by atoms with E-state index in [0.29, 0.717) is 10.8 Å². The van der Waals surface area contributed by atoms with Crippen LogP contribution in [-0.4, -0.2) is 13.1 Å². The summed E-state index contributed by atoms with van der Waals surface area (Å²) < 4.78 is 0. The van der Waals surface area contributed by atoms with Crippen LogP contribution in [0.2, 0.25) is 0 Å². The van der Waals surface area contributed by atoms with Gasteiger partial charge >= 0.3 is 0 Å². The Hall–Kier alpha value is -0.0400. The maximum Gasteiger partial charge on any atom is 0.00103 e. The van der Waals surface area contributed by atoms with Crippen molar-refractivity contribution in [3.63, 3.8) is 0 Å². The second-order valence-corrected chi connectivity index (χ2v) is 5.43. The molecule has 0 aliphatic carbocycles. The summed E-state index contributed by atoms with van der Waals surface area (Å²) in [6.45, 7) is 12.0. The maximum absolute atomic E-state index is 3.58. The van der Waals surface area contributed by atoms with Crippen molar-refractivity contribution in [2.45, 2.75) is 53.4 Å². The summed E-state index contributed by atoms with van der Waals surface area (Å²) >= 11 is 0. The van der Waals surface area contributed by atoms with Crippen molar-refractivity contribution in [1.29, 1.82) is 0 Å². The highest BCUT2D eigenvalue weighted by atomic mass is 14.9. The van der Waals surface area contributed by atoms with E-state index in [-0.39, 0.29) is 0 Å². The summed E-state index contributed by atoms with van der Waals surface area (Å²) in [5, 5.41) is 3.58. The molecule has 0 saturated carbocycles. The lowest BCUT2D eigenvalue weighted by Gasteiger charge is -2.43. The van der Waals surface area contributed by atoms with Gasteiger partial charge in [0.2, 0.25) is 0 Å². The number of nitrogens with one attached hydrogen (secondary N) is 1. The Morgan fingerprint density at radius 2 is 2.00 bits per heavy atom. The Bertz CT molecular complexity index is 153. The molecule has 0 aromatic rings. The second-order valence-electron chi connectivity index (χ2n) is 5.43. The first-order chi connectivity index (χ1) is 6.02. The topological polar surface area (TPSA) is 12.0 Å². The van der Waals surface area contributed by atoms with Gasteiger partial charge in [0.25, 0.3) is 0 Å². The molecule has 1 N–H and O–H groups in total. The van der Waals surface area contributed by atoms with Gasteiger partial charge in [-0.05, 0) is 30.2 Å². The normalized spacial score (nSPS) is 31.4. The number of rotatable bonds is 2. The van der Waals surface area contributed by atoms with Gasteiger partial charge in [-0.15, -0.1) is 0 Å². The van der Waals surface area contributed by atoms with Gasteiger partial charge in [-0.2, -0.15) is 0 Å². The van der Waals surface area contributed by atoms with Gasteiger partial charge in [0.05, 0.1) is 0 Å². The van der Waals surface area contributed by atoms with Crippen molar-refractivity contribution in [2.75, 3.05) is 13.1 Å². The molecule has 13 heavy (non-hydrogen) atoms. The molecule has 0 amide bonds. The van der Waals surface area contributed by atoms with Crippen LogP contribution in [0.3, 0.4) is 0 Å². The first-order valence-electron chi connectivity index (χ1n) is 5.72. The van der Waals surface area contributed by atoms with E-state index in [1.165, 1.54) is 38.8 Å². The first-order valence-corrected chi connectivity index (χ1v) is 5.72. The van der Waals surface area contributed by atoms with Crippen LogP contribution >= 0.6 is 0 Å². The van der Waals surface area contributed by atoms with Crippen LogP contribution in [0, 0.1) is 10.8 Å². The molecule has 1 atom stereocenters. The van der Waals surface area contributed by atoms with Crippen LogP contribution in [-0.2, 0) is 0 Å². The van der Waals surface area contributed by atoms with E-state index in [9.17, 15) is 0 Å². The minimum Gasteiger partial charge on any atom is -0.316 e. The molecule has 1 aliphatic heterocycles. The van der Waals surface area contributed by atoms with Crippen LogP contribution in [0.25, 0.3) is 0 Å². The van der Waals surface area contributed by atoms with Crippen LogP contribution in [0.15, 0.2) is 0 Å². The number of hydrogen-bond acceptors (Lipinski definition) is 1. The van der Waals surface area contributed by atoms with Crippen molar-refractivity contribution in [3.05, 3.63) is 0 Å². The molecule has 1 aliphatic rings. The lowest BCUT2D eigenvalue weighted by atomic mass is 9.63. The molecular weight excluding hydrogens is 158 g/mol. The molecule has 1 heterocycles. The summed E-state index contributed by atoms with van der Waals surface area (Å²) in [7, 11) is 0. The summed E-state index contributed by atoms with van der Waals surface area (Å²) in [6.07, 6.45) is 5.42. The highest BCUT2D eigenvalue weighted by Crippen LogP contribution is 2.45. The largest absolute Gasteiger partial charge is 0.316 e. The molecule has 1 fully saturated rings. The SMILES string of the molecule is CCC(C)(C)C1(C)CCCCNC1. The molecule has 1 unspecified atom stereocenters. The van der Waals surface area contributed by atoms with E-state index in [4.69, 9.17) is 0 Å². The Labute approximate surface area is 83.3 Å². The Kier molecular flexibility index (Phi) is 3.39. The fourth-order valence-corrected chi connectivity index (χ4v) is 2.22. The Balaban J connectivity index is 2.71. The third-order valence-electron chi connectivity index (χ3n) is 4.37. The highest BCUT2D eigenvalue weighted by Gasteiger charge is 2.39. The van der Waals surface area contributed by atoms with Crippen LogP contribution < -0.4 is 5.32 Å². The van der Waals surface area contributed by atoms with Crippen LogP contribution in [0.4, 0.5) is 0 Å².